The van der Waals surface area contributed by atoms with Gasteiger partial charge in [-0.05, 0) is 63.8 Å². The molecular formula is C17H24N2O. The van der Waals surface area contributed by atoms with Crippen LogP contribution in [-0.4, -0.2) is 16.9 Å². The molecule has 108 valence electrons. The van der Waals surface area contributed by atoms with Crippen LogP contribution < -0.4 is 4.74 Å². The van der Waals surface area contributed by atoms with E-state index in [9.17, 15) is 0 Å². The van der Waals surface area contributed by atoms with Crippen LogP contribution in [0.2, 0.25) is 0 Å². The lowest BCUT2D eigenvalue weighted by atomic mass is 9.91. The van der Waals surface area contributed by atoms with E-state index in [-0.39, 0.29) is 0 Å². The maximum atomic E-state index is 5.68. The number of ether oxygens (including phenoxy) is 1. The van der Waals surface area contributed by atoms with E-state index in [0.29, 0.717) is 6.04 Å². The summed E-state index contributed by atoms with van der Waals surface area (Å²) in [7, 11) is 1.74. The Bertz CT molecular complexity index is 639. The molecule has 1 aromatic heterocycles. The molecule has 1 aromatic carbocycles. The van der Waals surface area contributed by atoms with Crippen molar-refractivity contribution < 1.29 is 4.74 Å². The standard InChI is InChI=1S/C17H24N2O/c1-10(2)19-9-15(8-18-19)16-13(5)11(3)12(4)14(6)17(16)20-7/h8-10H,1-7H3. The van der Waals surface area contributed by atoms with Gasteiger partial charge in [-0.2, -0.15) is 5.10 Å². The summed E-state index contributed by atoms with van der Waals surface area (Å²) in [6.07, 6.45) is 4.03. The van der Waals surface area contributed by atoms with E-state index >= 15 is 0 Å². The van der Waals surface area contributed by atoms with E-state index < -0.39 is 0 Å². The molecule has 0 aliphatic carbocycles. The van der Waals surface area contributed by atoms with Crippen LogP contribution in [0.3, 0.4) is 0 Å². The predicted molar refractivity (Wildman–Crippen MR) is 83.5 cm³/mol. The maximum absolute atomic E-state index is 5.68. The molecule has 0 aliphatic rings. The Balaban J connectivity index is 2.72. The van der Waals surface area contributed by atoms with Gasteiger partial charge in [-0.3, -0.25) is 4.68 Å². The van der Waals surface area contributed by atoms with E-state index in [1.54, 1.807) is 7.11 Å². The van der Waals surface area contributed by atoms with E-state index in [0.717, 1.165) is 11.3 Å². The molecule has 0 bridgehead atoms. The second kappa shape index (κ2) is 5.31. The molecule has 2 rings (SSSR count). The molecule has 0 aliphatic heterocycles. The zero-order chi connectivity index (χ0) is 15.0. The third-order valence-electron chi connectivity index (χ3n) is 4.25. The minimum atomic E-state index is 0.364. The van der Waals surface area contributed by atoms with Crippen LogP contribution in [0.4, 0.5) is 0 Å². The molecule has 0 unspecified atom stereocenters. The van der Waals surface area contributed by atoms with Crippen LogP contribution in [0.15, 0.2) is 12.4 Å². The molecule has 0 radical (unpaired) electrons. The summed E-state index contributed by atoms with van der Waals surface area (Å²) in [5, 5.41) is 4.45. The zero-order valence-electron chi connectivity index (χ0n) is 13.5. The first kappa shape index (κ1) is 14.6. The summed E-state index contributed by atoms with van der Waals surface area (Å²) in [4.78, 5) is 0. The van der Waals surface area contributed by atoms with Crippen molar-refractivity contribution in [3.63, 3.8) is 0 Å². The summed E-state index contributed by atoms with van der Waals surface area (Å²) in [5.41, 5.74) is 7.41. The molecule has 0 N–H and O–H groups in total. The maximum Gasteiger partial charge on any atom is 0.130 e. The van der Waals surface area contributed by atoms with Gasteiger partial charge in [0, 0.05) is 23.4 Å². The fourth-order valence-electron chi connectivity index (χ4n) is 2.63. The Morgan fingerprint density at radius 3 is 2.10 bits per heavy atom. The Kier molecular flexibility index (Phi) is 3.89. The van der Waals surface area contributed by atoms with E-state index in [1.807, 2.05) is 10.9 Å². The highest BCUT2D eigenvalue weighted by Gasteiger charge is 2.18. The van der Waals surface area contributed by atoms with E-state index in [2.05, 4.69) is 52.8 Å². The summed E-state index contributed by atoms with van der Waals surface area (Å²) in [6, 6.07) is 0.364. The summed E-state index contributed by atoms with van der Waals surface area (Å²) < 4.78 is 7.66. The number of hydrogen-bond donors (Lipinski definition) is 0. The predicted octanol–water partition coefficient (Wildman–Crippen LogP) is 4.37. The summed E-state index contributed by atoms with van der Waals surface area (Å²) >= 11 is 0. The third kappa shape index (κ3) is 2.21. The normalized spacial score (nSPS) is 11.2. The Labute approximate surface area is 121 Å². The average Bonchev–Trinajstić information content (AvgIpc) is 2.89. The van der Waals surface area contributed by atoms with Gasteiger partial charge < -0.3 is 4.74 Å². The SMILES string of the molecule is COc1c(C)c(C)c(C)c(C)c1-c1cnn(C(C)C)c1. The van der Waals surface area contributed by atoms with Crippen molar-refractivity contribution in [2.24, 2.45) is 0 Å². The van der Waals surface area contributed by atoms with Crippen molar-refractivity contribution in [1.82, 2.24) is 9.78 Å². The van der Waals surface area contributed by atoms with Gasteiger partial charge in [0.1, 0.15) is 5.75 Å². The first-order chi connectivity index (χ1) is 9.38. The molecule has 0 saturated heterocycles. The van der Waals surface area contributed by atoms with Gasteiger partial charge in [0.25, 0.3) is 0 Å². The highest BCUT2D eigenvalue weighted by atomic mass is 16.5. The number of rotatable bonds is 3. The quantitative estimate of drug-likeness (QED) is 0.829. The van der Waals surface area contributed by atoms with Gasteiger partial charge in [0.05, 0.1) is 13.3 Å². The first-order valence-corrected chi connectivity index (χ1v) is 7.07. The Hall–Kier alpha value is -1.77. The minimum absolute atomic E-state index is 0.364. The first-order valence-electron chi connectivity index (χ1n) is 7.07. The molecule has 0 saturated carbocycles. The molecule has 0 spiro atoms. The highest BCUT2D eigenvalue weighted by molar-refractivity contribution is 5.77. The monoisotopic (exact) mass is 272 g/mol. The molecule has 2 aromatic rings. The van der Waals surface area contributed by atoms with Crippen molar-refractivity contribution in [3.05, 3.63) is 34.6 Å². The number of nitrogens with zero attached hydrogens (tertiary/aromatic N) is 2. The lowest BCUT2D eigenvalue weighted by molar-refractivity contribution is 0.412. The molecule has 20 heavy (non-hydrogen) atoms. The van der Waals surface area contributed by atoms with Gasteiger partial charge in [-0.25, -0.2) is 0 Å². The van der Waals surface area contributed by atoms with Crippen molar-refractivity contribution in [1.29, 1.82) is 0 Å². The number of aromatic nitrogens is 2. The van der Waals surface area contributed by atoms with Crippen LogP contribution in [0.5, 0.6) is 5.75 Å². The molecule has 3 nitrogen and oxygen atoms in total. The van der Waals surface area contributed by atoms with Crippen LogP contribution in [0.25, 0.3) is 11.1 Å². The van der Waals surface area contributed by atoms with E-state index in [1.165, 1.54) is 27.8 Å². The minimum Gasteiger partial charge on any atom is -0.496 e. The number of benzene rings is 1. The summed E-state index contributed by atoms with van der Waals surface area (Å²) in [6.45, 7) is 12.9. The average molecular weight is 272 g/mol. The fourth-order valence-corrected chi connectivity index (χ4v) is 2.63. The molecule has 0 atom stereocenters. The highest BCUT2D eigenvalue weighted by Crippen LogP contribution is 2.39. The molecule has 3 heteroatoms. The smallest absolute Gasteiger partial charge is 0.130 e. The van der Waals surface area contributed by atoms with Crippen molar-refractivity contribution in [2.45, 2.75) is 47.6 Å². The van der Waals surface area contributed by atoms with Gasteiger partial charge in [0.2, 0.25) is 0 Å². The van der Waals surface area contributed by atoms with Crippen molar-refractivity contribution >= 4 is 0 Å². The van der Waals surface area contributed by atoms with Gasteiger partial charge in [0.15, 0.2) is 0 Å². The lowest BCUT2D eigenvalue weighted by Crippen LogP contribution is -2.01. The van der Waals surface area contributed by atoms with Gasteiger partial charge in [-0.15, -0.1) is 0 Å². The lowest BCUT2D eigenvalue weighted by Gasteiger charge is -2.19. The van der Waals surface area contributed by atoms with Crippen molar-refractivity contribution in [3.8, 4) is 16.9 Å². The molecule has 0 fully saturated rings. The fraction of sp³-hybridized carbons (Fsp3) is 0.471. The largest absolute Gasteiger partial charge is 0.496 e. The second-order valence-corrected chi connectivity index (χ2v) is 5.71. The third-order valence-corrected chi connectivity index (χ3v) is 4.25. The Morgan fingerprint density at radius 2 is 1.60 bits per heavy atom. The van der Waals surface area contributed by atoms with Crippen molar-refractivity contribution in [2.75, 3.05) is 7.11 Å². The van der Waals surface area contributed by atoms with Crippen LogP contribution in [0.1, 0.15) is 42.1 Å². The van der Waals surface area contributed by atoms with E-state index in [4.69, 9.17) is 4.74 Å². The summed E-state index contributed by atoms with van der Waals surface area (Å²) in [5.74, 6) is 0.967. The molecular weight excluding hydrogens is 248 g/mol. The molecule has 0 amide bonds. The topological polar surface area (TPSA) is 27.1 Å². The zero-order valence-corrected chi connectivity index (χ0v) is 13.5. The molecule has 1 heterocycles. The van der Waals surface area contributed by atoms with Crippen LogP contribution in [-0.2, 0) is 0 Å². The van der Waals surface area contributed by atoms with Gasteiger partial charge in [-0.1, -0.05) is 0 Å². The van der Waals surface area contributed by atoms with Crippen LogP contribution >= 0.6 is 0 Å². The van der Waals surface area contributed by atoms with Gasteiger partial charge >= 0.3 is 0 Å². The van der Waals surface area contributed by atoms with Crippen LogP contribution in [0, 0.1) is 27.7 Å². The number of methoxy groups -OCH3 is 1. The Morgan fingerprint density at radius 1 is 1.00 bits per heavy atom. The number of hydrogen-bond acceptors (Lipinski definition) is 2. The second-order valence-electron chi connectivity index (χ2n) is 5.71.